The second-order valence-electron chi connectivity index (χ2n) is 3.97. The van der Waals surface area contributed by atoms with Crippen LogP contribution in [0.4, 0.5) is 0 Å². The molecule has 0 spiro atoms. The van der Waals surface area contributed by atoms with E-state index in [1.807, 2.05) is 0 Å². The van der Waals surface area contributed by atoms with Crippen LogP contribution in [-0.2, 0) is 9.53 Å². The van der Waals surface area contributed by atoms with Gasteiger partial charge in [-0.3, -0.25) is 19.7 Å². The van der Waals surface area contributed by atoms with Crippen LogP contribution in [0.3, 0.4) is 0 Å². The Balaban J connectivity index is 2.28. The van der Waals surface area contributed by atoms with Crippen LogP contribution in [0.2, 0.25) is 0 Å². The van der Waals surface area contributed by atoms with E-state index in [0.29, 0.717) is 16.0 Å². The van der Waals surface area contributed by atoms with Crippen molar-refractivity contribution in [2.45, 2.75) is 17.1 Å². The maximum absolute atomic E-state index is 11.8. The van der Waals surface area contributed by atoms with Gasteiger partial charge in [0.05, 0.1) is 17.7 Å². The number of ether oxygens (including phenoxy) is 1. The van der Waals surface area contributed by atoms with E-state index in [9.17, 15) is 14.4 Å². The minimum Gasteiger partial charge on any atom is -0.465 e. The predicted octanol–water partition coefficient (Wildman–Crippen LogP) is 1.83. The summed E-state index contributed by atoms with van der Waals surface area (Å²) in [4.78, 5) is 35.6. The highest BCUT2D eigenvalue weighted by Crippen LogP contribution is 2.32. The third kappa shape index (κ3) is 2.81. The van der Waals surface area contributed by atoms with E-state index in [2.05, 4.69) is 5.32 Å². The van der Waals surface area contributed by atoms with Crippen molar-refractivity contribution >= 4 is 41.1 Å². The Morgan fingerprint density at radius 1 is 1.40 bits per heavy atom. The molecule has 2 amide bonds. The lowest BCUT2D eigenvalue weighted by atomic mass is 10.1. The van der Waals surface area contributed by atoms with E-state index in [0.717, 1.165) is 11.8 Å². The molecule has 1 aliphatic rings. The minimum atomic E-state index is -0.619. The molecule has 1 heterocycles. The number of fused-ring (bicyclic) bond motifs is 1. The van der Waals surface area contributed by atoms with Crippen molar-refractivity contribution in [3.05, 3.63) is 29.3 Å². The van der Waals surface area contributed by atoms with Crippen molar-refractivity contribution in [3.63, 3.8) is 0 Å². The number of imide groups is 1. The Hall–Kier alpha value is -1.53. The first-order valence-corrected chi connectivity index (χ1v) is 7.37. The summed E-state index contributed by atoms with van der Waals surface area (Å²) in [6.45, 7) is 1.97. The molecule has 0 saturated heterocycles. The molecule has 0 radical (unpaired) electrons. The van der Waals surface area contributed by atoms with Crippen LogP contribution in [0.5, 0.6) is 0 Å². The van der Waals surface area contributed by atoms with Gasteiger partial charge in [0.1, 0.15) is 5.25 Å². The van der Waals surface area contributed by atoms with E-state index >= 15 is 0 Å². The Kier molecular flexibility index (Phi) is 4.67. The lowest BCUT2D eigenvalue weighted by Gasteiger charge is -2.13. The summed E-state index contributed by atoms with van der Waals surface area (Å²) < 4.78 is 4.92. The van der Waals surface area contributed by atoms with Crippen molar-refractivity contribution in [3.8, 4) is 0 Å². The molecular formula is C13H12ClNO4S. The lowest BCUT2D eigenvalue weighted by molar-refractivity contribution is -0.142. The summed E-state index contributed by atoms with van der Waals surface area (Å²) >= 11 is 6.90. The number of amides is 2. The molecular weight excluding hydrogens is 302 g/mol. The van der Waals surface area contributed by atoms with Gasteiger partial charge in [-0.05, 0) is 19.1 Å². The zero-order valence-corrected chi connectivity index (χ0v) is 12.2. The molecule has 7 heteroatoms. The minimum absolute atomic E-state index is 0.0583. The first kappa shape index (κ1) is 14.9. The molecule has 1 unspecified atom stereocenters. The highest BCUT2D eigenvalue weighted by atomic mass is 35.5. The highest BCUT2D eigenvalue weighted by Gasteiger charge is 2.31. The SMILES string of the molecule is CCOC(=O)C(CCl)Sc1cccc2c1C(=O)NC2=O. The molecule has 2 rings (SSSR count). The number of halogens is 1. The molecule has 1 atom stereocenters. The van der Waals surface area contributed by atoms with E-state index in [-0.39, 0.29) is 12.5 Å². The number of benzene rings is 1. The normalized spacial score (nSPS) is 14.7. The number of carbonyl (C=O) groups excluding carboxylic acids is 3. The van der Waals surface area contributed by atoms with Crippen molar-refractivity contribution in [1.82, 2.24) is 5.32 Å². The monoisotopic (exact) mass is 313 g/mol. The highest BCUT2D eigenvalue weighted by molar-refractivity contribution is 8.00. The number of alkyl halides is 1. The summed E-state index contributed by atoms with van der Waals surface area (Å²) in [7, 11) is 0. The third-order valence-electron chi connectivity index (χ3n) is 2.68. The Bertz CT molecular complexity index is 575. The van der Waals surface area contributed by atoms with E-state index in [1.165, 1.54) is 0 Å². The summed E-state index contributed by atoms with van der Waals surface area (Å²) in [5, 5.41) is 1.61. The van der Waals surface area contributed by atoms with Gasteiger partial charge in [0.15, 0.2) is 0 Å². The molecule has 20 heavy (non-hydrogen) atoms. The number of hydrogen-bond donors (Lipinski definition) is 1. The molecule has 5 nitrogen and oxygen atoms in total. The van der Waals surface area contributed by atoms with Crippen LogP contribution >= 0.6 is 23.4 Å². The summed E-state index contributed by atoms with van der Waals surface area (Å²) in [6.07, 6.45) is 0. The number of rotatable bonds is 5. The van der Waals surface area contributed by atoms with Gasteiger partial charge in [-0.15, -0.1) is 23.4 Å². The van der Waals surface area contributed by atoms with Crippen molar-refractivity contribution in [2.24, 2.45) is 0 Å². The number of thioether (sulfide) groups is 1. The second kappa shape index (κ2) is 6.28. The molecule has 1 aromatic rings. The maximum Gasteiger partial charge on any atom is 0.320 e. The van der Waals surface area contributed by atoms with E-state index < -0.39 is 23.0 Å². The topological polar surface area (TPSA) is 72.5 Å². The number of hydrogen-bond acceptors (Lipinski definition) is 5. The fraction of sp³-hybridized carbons (Fsp3) is 0.308. The fourth-order valence-electron chi connectivity index (χ4n) is 1.82. The van der Waals surface area contributed by atoms with Crippen molar-refractivity contribution < 1.29 is 19.1 Å². The van der Waals surface area contributed by atoms with Gasteiger partial charge in [-0.2, -0.15) is 0 Å². The van der Waals surface area contributed by atoms with Gasteiger partial charge in [-0.25, -0.2) is 0 Å². The van der Waals surface area contributed by atoms with Crippen molar-refractivity contribution in [1.29, 1.82) is 0 Å². The van der Waals surface area contributed by atoms with Gasteiger partial charge in [0.25, 0.3) is 11.8 Å². The molecule has 0 fully saturated rings. The largest absolute Gasteiger partial charge is 0.465 e. The quantitative estimate of drug-likeness (QED) is 0.388. The smallest absolute Gasteiger partial charge is 0.320 e. The van der Waals surface area contributed by atoms with Crippen molar-refractivity contribution in [2.75, 3.05) is 12.5 Å². The summed E-state index contributed by atoms with van der Waals surface area (Å²) in [5.41, 5.74) is 0.610. The first-order chi connectivity index (χ1) is 9.58. The zero-order chi connectivity index (χ0) is 14.7. The molecule has 0 aromatic heterocycles. The summed E-state index contributed by atoms with van der Waals surface area (Å²) in [6, 6.07) is 4.91. The van der Waals surface area contributed by atoms with Crippen LogP contribution in [0.15, 0.2) is 23.1 Å². The molecule has 106 valence electrons. The number of esters is 1. The average molecular weight is 314 g/mol. The molecule has 1 aliphatic heterocycles. The number of nitrogens with one attached hydrogen (secondary N) is 1. The van der Waals surface area contributed by atoms with Crippen LogP contribution < -0.4 is 5.32 Å². The lowest BCUT2D eigenvalue weighted by Crippen LogP contribution is -2.22. The van der Waals surface area contributed by atoms with E-state index in [1.54, 1.807) is 25.1 Å². The molecule has 0 aliphatic carbocycles. The fourth-order valence-corrected chi connectivity index (χ4v) is 3.14. The second-order valence-corrected chi connectivity index (χ2v) is 5.53. The Labute approximate surface area is 125 Å². The molecule has 1 aromatic carbocycles. The van der Waals surface area contributed by atoms with Crippen LogP contribution in [0.25, 0.3) is 0 Å². The van der Waals surface area contributed by atoms with Crippen LogP contribution in [0, 0.1) is 0 Å². The van der Waals surface area contributed by atoms with Gasteiger partial charge < -0.3 is 4.74 Å². The van der Waals surface area contributed by atoms with Gasteiger partial charge >= 0.3 is 5.97 Å². The molecule has 0 bridgehead atoms. The van der Waals surface area contributed by atoms with Gasteiger partial charge in [0.2, 0.25) is 0 Å². The zero-order valence-electron chi connectivity index (χ0n) is 10.6. The third-order valence-corrected chi connectivity index (χ3v) is 4.41. The van der Waals surface area contributed by atoms with Gasteiger partial charge in [0, 0.05) is 10.8 Å². The van der Waals surface area contributed by atoms with E-state index in [4.69, 9.17) is 16.3 Å². The average Bonchev–Trinajstić information content (AvgIpc) is 2.72. The maximum atomic E-state index is 11.8. The molecule has 0 saturated carbocycles. The summed E-state index contributed by atoms with van der Waals surface area (Å²) in [5.74, 6) is -1.26. The first-order valence-electron chi connectivity index (χ1n) is 5.96. The number of carbonyl (C=O) groups is 3. The van der Waals surface area contributed by atoms with Crippen LogP contribution in [0.1, 0.15) is 27.6 Å². The van der Waals surface area contributed by atoms with Gasteiger partial charge in [-0.1, -0.05) is 6.07 Å². The Morgan fingerprint density at radius 3 is 2.80 bits per heavy atom. The van der Waals surface area contributed by atoms with Crippen LogP contribution in [-0.4, -0.2) is 35.5 Å². The standard InChI is InChI=1S/C13H12ClNO4S/c1-2-19-13(18)9(6-14)20-8-5-3-4-7-10(8)12(17)15-11(7)16/h3-5,9H,2,6H2,1H3,(H,15,16,17). The molecule has 1 N–H and O–H groups in total. The Morgan fingerprint density at radius 2 is 2.15 bits per heavy atom. The predicted molar refractivity (Wildman–Crippen MR) is 75.2 cm³/mol.